The van der Waals surface area contributed by atoms with Crippen molar-refractivity contribution >= 4 is 17.8 Å². The molecule has 0 spiro atoms. The number of piperidine rings is 1. The number of rotatable bonds is 8. The van der Waals surface area contributed by atoms with Crippen molar-refractivity contribution in [3.05, 3.63) is 35.6 Å². The van der Waals surface area contributed by atoms with Gasteiger partial charge >= 0.3 is 5.97 Å². The number of aliphatic imine (C=N–C) groups is 1. The summed E-state index contributed by atoms with van der Waals surface area (Å²) in [5, 5.41) is 3.23. The zero-order valence-corrected chi connectivity index (χ0v) is 17.2. The highest BCUT2D eigenvalue weighted by Crippen LogP contribution is 2.18. The van der Waals surface area contributed by atoms with Crippen LogP contribution in [0, 0.1) is 17.7 Å². The van der Waals surface area contributed by atoms with E-state index >= 15 is 0 Å². The van der Waals surface area contributed by atoms with Crippen LogP contribution in [0.3, 0.4) is 0 Å². The molecule has 1 fully saturated rings. The van der Waals surface area contributed by atoms with E-state index in [0.29, 0.717) is 32.1 Å². The Morgan fingerprint density at radius 2 is 2.07 bits per heavy atom. The summed E-state index contributed by atoms with van der Waals surface area (Å²) in [6.45, 7) is 6.33. The van der Waals surface area contributed by atoms with E-state index in [-0.39, 0.29) is 24.2 Å². The molecule has 1 aliphatic heterocycles. The van der Waals surface area contributed by atoms with Crippen LogP contribution < -0.4 is 11.1 Å². The summed E-state index contributed by atoms with van der Waals surface area (Å²) >= 11 is 0. The van der Waals surface area contributed by atoms with Crippen LogP contribution in [0.1, 0.15) is 32.3 Å². The van der Waals surface area contributed by atoms with E-state index in [1.54, 1.807) is 19.1 Å². The number of nitrogens with one attached hydrogen (secondary N) is 1. The fraction of sp³-hybridized carbons (Fsp3) is 0.571. The predicted molar refractivity (Wildman–Crippen MR) is 110 cm³/mol. The second-order valence-electron chi connectivity index (χ2n) is 7.16. The van der Waals surface area contributed by atoms with Crippen molar-refractivity contribution in [1.82, 2.24) is 10.2 Å². The van der Waals surface area contributed by atoms with Crippen molar-refractivity contribution in [3.8, 4) is 0 Å². The number of guanidine groups is 1. The minimum atomic E-state index is -0.500. The van der Waals surface area contributed by atoms with Crippen molar-refractivity contribution in [3.63, 3.8) is 0 Å². The Morgan fingerprint density at radius 3 is 2.69 bits per heavy atom. The SMILES string of the molecule is CCNC(=NCC(Cc1ccc(F)cc1)C(N)=O)N1CCC[C@H](C(=O)OCC)C1. The van der Waals surface area contributed by atoms with Crippen molar-refractivity contribution < 1.29 is 18.7 Å². The van der Waals surface area contributed by atoms with E-state index in [2.05, 4.69) is 10.3 Å². The van der Waals surface area contributed by atoms with E-state index in [0.717, 1.165) is 24.9 Å². The van der Waals surface area contributed by atoms with Gasteiger partial charge in [0.2, 0.25) is 5.91 Å². The predicted octanol–water partition coefficient (Wildman–Crippen LogP) is 1.71. The van der Waals surface area contributed by atoms with Crippen LogP contribution in [-0.2, 0) is 20.7 Å². The van der Waals surface area contributed by atoms with Crippen LogP contribution >= 0.6 is 0 Å². The Labute approximate surface area is 171 Å². The molecular weight excluding hydrogens is 375 g/mol. The van der Waals surface area contributed by atoms with E-state index < -0.39 is 11.8 Å². The van der Waals surface area contributed by atoms with Crippen LogP contribution in [0.4, 0.5) is 4.39 Å². The first-order valence-corrected chi connectivity index (χ1v) is 10.2. The second kappa shape index (κ2) is 11.4. The molecule has 1 aromatic rings. The molecule has 2 rings (SSSR count). The molecule has 29 heavy (non-hydrogen) atoms. The second-order valence-corrected chi connectivity index (χ2v) is 7.16. The lowest BCUT2D eigenvalue weighted by molar-refractivity contribution is -0.149. The Bertz CT molecular complexity index is 708. The molecule has 0 aromatic heterocycles. The Hall–Kier alpha value is -2.64. The van der Waals surface area contributed by atoms with Crippen LogP contribution in [0.25, 0.3) is 0 Å². The number of hydrogen-bond acceptors (Lipinski definition) is 4. The number of esters is 1. The monoisotopic (exact) mass is 406 g/mol. The van der Waals surface area contributed by atoms with E-state index in [1.807, 2.05) is 11.8 Å². The molecule has 0 bridgehead atoms. The Kier molecular flexibility index (Phi) is 8.89. The highest BCUT2D eigenvalue weighted by Gasteiger charge is 2.28. The summed E-state index contributed by atoms with van der Waals surface area (Å²) in [4.78, 5) is 30.7. The summed E-state index contributed by atoms with van der Waals surface area (Å²) < 4.78 is 18.3. The Balaban J connectivity index is 2.07. The lowest BCUT2D eigenvalue weighted by Crippen LogP contribution is -2.48. The lowest BCUT2D eigenvalue weighted by atomic mass is 9.98. The van der Waals surface area contributed by atoms with Crippen molar-refractivity contribution in [1.29, 1.82) is 0 Å². The zero-order valence-electron chi connectivity index (χ0n) is 17.2. The summed E-state index contributed by atoms with van der Waals surface area (Å²) in [5.41, 5.74) is 6.40. The van der Waals surface area contributed by atoms with E-state index in [1.165, 1.54) is 12.1 Å². The number of carbonyl (C=O) groups excluding carboxylic acids is 2. The number of carbonyl (C=O) groups is 2. The molecule has 2 atom stereocenters. The average Bonchev–Trinajstić information content (AvgIpc) is 2.71. The summed E-state index contributed by atoms with van der Waals surface area (Å²) in [5.74, 6) is -0.972. The first-order chi connectivity index (χ1) is 13.9. The molecule has 0 saturated carbocycles. The molecule has 0 aliphatic carbocycles. The highest BCUT2D eigenvalue weighted by atomic mass is 19.1. The largest absolute Gasteiger partial charge is 0.466 e. The van der Waals surface area contributed by atoms with Gasteiger partial charge in [0.15, 0.2) is 5.96 Å². The number of halogens is 1. The van der Waals surface area contributed by atoms with Gasteiger partial charge in [-0.05, 0) is 50.8 Å². The minimum Gasteiger partial charge on any atom is -0.466 e. The number of hydrogen-bond donors (Lipinski definition) is 2. The number of benzene rings is 1. The number of nitrogens with two attached hydrogens (primary N) is 1. The first kappa shape index (κ1) is 22.6. The minimum absolute atomic E-state index is 0.181. The normalized spacial score (nSPS) is 18.2. The number of nitrogens with zero attached hydrogens (tertiary/aromatic N) is 2. The van der Waals surface area contributed by atoms with Gasteiger partial charge in [0.25, 0.3) is 0 Å². The maximum atomic E-state index is 13.1. The molecule has 7 nitrogen and oxygen atoms in total. The molecular formula is C21H31FN4O3. The third-order valence-corrected chi connectivity index (χ3v) is 4.93. The summed E-state index contributed by atoms with van der Waals surface area (Å²) in [6, 6.07) is 6.03. The molecule has 0 radical (unpaired) electrons. The number of amides is 1. The van der Waals surface area contributed by atoms with Gasteiger partial charge in [0.1, 0.15) is 5.82 Å². The van der Waals surface area contributed by atoms with Gasteiger partial charge < -0.3 is 20.7 Å². The molecule has 3 N–H and O–H groups in total. The third-order valence-electron chi connectivity index (χ3n) is 4.93. The van der Waals surface area contributed by atoms with E-state index in [4.69, 9.17) is 10.5 Å². The van der Waals surface area contributed by atoms with Gasteiger partial charge in [0.05, 0.1) is 25.0 Å². The fourth-order valence-corrected chi connectivity index (χ4v) is 3.40. The Morgan fingerprint density at radius 1 is 1.34 bits per heavy atom. The maximum Gasteiger partial charge on any atom is 0.310 e. The highest BCUT2D eigenvalue weighted by molar-refractivity contribution is 5.82. The molecule has 1 amide bonds. The summed E-state index contributed by atoms with van der Waals surface area (Å²) in [6.07, 6.45) is 2.05. The average molecular weight is 407 g/mol. The van der Waals surface area contributed by atoms with Crippen LogP contribution in [-0.4, -0.2) is 55.5 Å². The van der Waals surface area contributed by atoms with E-state index in [9.17, 15) is 14.0 Å². The summed E-state index contributed by atoms with van der Waals surface area (Å²) in [7, 11) is 0. The quantitative estimate of drug-likeness (QED) is 0.389. The van der Waals surface area contributed by atoms with Gasteiger partial charge in [-0.3, -0.25) is 14.6 Å². The van der Waals surface area contributed by atoms with Crippen molar-refractivity contribution in [2.24, 2.45) is 22.6 Å². The smallest absolute Gasteiger partial charge is 0.310 e. The number of primary amides is 1. The first-order valence-electron chi connectivity index (χ1n) is 10.2. The van der Waals surface area contributed by atoms with Gasteiger partial charge in [0, 0.05) is 19.6 Å². The topological polar surface area (TPSA) is 97.0 Å². The van der Waals surface area contributed by atoms with Crippen LogP contribution in [0.15, 0.2) is 29.3 Å². The fourth-order valence-electron chi connectivity index (χ4n) is 3.40. The lowest BCUT2D eigenvalue weighted by Gasteiger charge is -2.34. The maximum absolute atomic E-state index is 13.1. The van der Waals surface area contributed by atoms with Crippen molar-refractivity contribution in [2.45, 2.75) is 33.1 Å². The third kappa shape index (κ3) is 7.03. The number of likely N-dealkylation sites (tertiary alicyclic amines) is 1. The zero-order chi connectivity index (χ0) is 21.2. The van der Waals surface area contributed by atoms with Crippen LogP contribution in [0.5, 0.6) is 0 Å². The standard InChI is InChI=1S/C21H31FN4O3/c1-3-24-21(26-11-5-6-16(14-26)20(28)29-4-2)25-13-17(19(23)27)12-15-7-9-18(22)10-8-15/h7-10,16-17H,3-6,11-14H2,1-2H3,(H2,23,27)(H,24,25)/t16-,17?/m0/s1. The molecule has 1 heterocycles. The van der Waals surface area contributed by atoms with Gasteiger partial charge in [-0.25, -0.2) is 4.39 Å². The molecule has 1 unspecified atom stereocenters. The van der Waals surface area contributed by atoms with Gasteiger partial charge in [-0.15, -0.1) is 0 Å². The number of ether oxygens (including phenoxy) is 1. The molecule has 1 saturated heterocycles. The van der Waals surface area contributed by atoms with Gasteiger partial charge in [-0.1, -0.05) is 12.1 Å². The molecule has 1 aliphatic rings. The van der Waals surface area contributed by atoms with Crippen molar-refractivity contribution in [2.75, 3.05) is 32.8 Å². The van der Waals surface area contributed by atoms with Crippen LogP contribution in [0.2, 0.25) is 0 Å². The molecule has 160 valence electrons. The molecule has 1 aromatic carbocycles. The van der Waals surface area contributed by atoms with Gasteiger partial charge in [-0.2, -0.15) is 0 Å². The molecule has 8 heteroatoms.